The van der Waals surface area contributed by atoms with Gasteiger partial charge in [0, 0.05) is 16.8 Å². The summed E-state index contributed by atoms with van der Waals surface area (Å²) in [6, 6.07) is 3.97. The monoisotopic (exact) mass is 405 g/mol. The van der Waals surface area contributed by atoms with Gasteiger partial charge in [-0.05, 0) is 31.0 Å². The topological polar surface area (TPSA) is 163 Å². The number of fused-ring (bicyclic) bond motifs is 3. The number of hydrogen-bond donors (Lipinski definition) is 4. The largest absolute Gasteiger partial charge is 0.505 e. The molecular formula is C16H15N5O6S. The summed E-state index contributed by atoms with van der Waals surface area (Å²) < 4.78 is 28.6. The van der Waals surface area contributed by atoms with Gasteiger partial charge >= 0.3 is 5.97 Å². The second-order valence-corrected chi connectivity index (χ2v) is 8.09. The zero-order chi connectivity index (χ0) is 20.1. The normalized spacial score (nSPS) is 14.4. The van der Waals surface area contributed by atoms with E-state index in [-0.39, 0.29) is 33.1 Å². The number of pyridine rings is 1. The summed E-state index contributed by atoms with van der Waals surface area (Å²) in [5.74, 6) is -2.57. The van der Waals surface area contributed by atoms with Crippen molar-refractivity contribution >= 4 is 38.3 Å². The van der Waals surface area contributed by atoms with E-state index >= 15 is 0 Å². The number of carbonyl (C=O) groups excluding carboxylic acids is 1. The number of aromatic nitrogens is 3. The molecule has 1 aromatic carbocycles. The Morgan fingerprint density at radius 2 is 2.00 bits per heavy atom. The molecule has 0 spiro atoms. The smallest absolute Gasteiger partial charge is 0.322 e. The Hall–Kier alpha value is -3.25. The molecule has 2 aromatic heterocycles. The number of hydrogen-bond acceptors (Lipinski definition) is 7. The average molecular weight is 405 g/mol. The van der Waals surface area contributed by atoms with Crippen molar-refractivity contribution in [2.45, 2.75) is 23.8 Å². The standard InChI is InChI=1S/C16H15N5O6S/c22-12(23)6-17-16(25)13-14(24)10-4-3-9(28(26,27)20-8-1-2-8)5-11(10)15-18-7-19-21(13)15/h3-5,7-8,20,24H,1-2,6H2,(H,17,25)(H,22,23). The van der Waals surface area contributed by atoms with Crippen LogP contribution in [0, 0.1) is 0 Å². The second-order valence-electron chi connectivity index (χ2n) is 6.37. The third-order valence-electron chi connectivity index (χ3n) is 4.30. The van der Waals surface area contributed by atoms with Gasteiger partial charge in [-0.25, -0.2) is 22.6 Å². The van der Waals surface area contributed by atoms with Crippen molar-refractivity contribution in [3.8, 4) is 5.75 Å². The molecule has 146 valence electrons. The van der Waals surface area contributed by atoms with Gasteiger partial charge in [-0.2, -0.15) is 5.10 Å². The van der Waals surface area contributed by atoms with Gasteiger partial charge in [0.05, 0.1) is 4.90 Å². The van der Waals surface area contributed by atoms with Gasteiger partial charge in [-0.3, -0.25) is 9.59 Å². The highest BCUT2D eigenvalue weighted by atomic mass is 32.2. The van der Waals surface area contributed by atoms with Crippen molar-refractivity contribution in [2.24, 2.45) is 0 Å². The van der Waals surface area contributed by atoms with E-state index in [2.05, 4.69) is 20.1 Å². The maximum atomic E-state index is 12.5. The fourth-order valence-corrected chi connectivity index (χ4v) is 4.16. The number of nitrogens with one attached hydrogen (secondary N) is 2. The highest BCUT2D eigenvalue weighted by Gasteiger charge is 2.29. The van der Waals surface area contributed by atoms with Crippen LogP contribution in [-0.2, 0) is 14.8 Å². The minimum absolute atomic E-state index is 0.000668. The molecule has 11 nitrogen and oxygen atoms in total. The molecule has 0 unspecified atom stereocenters. The van der Waals surface area contributed by atoms with Crippen molar-refractivity contribution in [2.75, 3.05) is 6.54 Å². The fourth-order valence-electron chi connectivity index (χ4n) is 2.83. The predicted octanol–water partition coefficient (Wildman–Crippen LogP) is -0.157. The van der Waals surface area contributed by atoms with Crippen LogP contribution in [0.4, 0.5) is 0 Å². The molecule has 3 aromatic rings. The number of carboxylic acids is 1. The Morgan fingerprint density at radius 1 is 1.25 bits per heavy atom. The maximum Gasteiger partial charge on any atom is 0.322 e. The molecule has 2 heterocycles. The molecule has 0 aliphatic heterocycles. The lowest BCUT2D eigenvalue weighted by Crippen LogP contribution is -2.31. The highest BCUT2D eigenvalue weighted by Crippen LogP contribution is 2.33. The van der Waals surface area contributed by atoms with E-state index in [4.69, 9.17) is 5.11 Å². The van der Waals surface area contributed by atoms with Crippen LogP contribution in [0.5, 0.6) is 5.75 Å². The van der Waals surface area contributed by atoms with E-state index in [9.17, 15) is 23.1 Å². The number of sulfonamides is 1. The number of aliphatic carboxylic acids is 1. The van der Waals surface area contributed by atoms with Crippen molar-refractivity contribution in [3.05, 3.63) is 30.2 Å². The predicted molar refractivity (Wildman–Crippen MR) is 95.5 cm³/mol. The molecule has 4 rings (SSSR count). The molecule has 4 N–H and O–H groups in total. The number of rotatable bonds is 6. The molecule has 0 saturated heterocycles. The Labute approximate surface area is 158 Å². The summed E-state index contributed by atoms with van der Waals surface area (Å²) >= 11 is 0. The van der Waals surface area contributed by atoms with E-state index in [0.717, 1.165) is 23.7 Å². The fraction of sp³-hybridized carbons (Fsp3) is 0.250. The van der Waals surface area contributed by atoms with Crippen LogP contribution in [0.1, 0.15) is 23.3 Å². The number of nitrogens with zero attached hydrogens (tertiary/aromatic N) is 3. The van der Waals surface area contributed by atoms with E-state index in [1.807, 2.05) is 0 Å². The van der Waals surface area contributed by atoms with Gasteiger partial charge in [0.1, 0.15) is 12.9 Å². The molecule has 28 heavy (non-hydrogen) atoms. The molecule has 1 amide bonds. The van der Waals surface area contributed by atoms with Crippen LogP contribution in [0.15, 0.2) is 29.4 Å². The van der Waals surface area contributed by atoms with Crippen molar-refractivity contribution < 1.29 is 28.2 Å². The Morgan fingerprint density at radius 3 is 2.68 bits per heavy atom. The quantitative estimate of drug-likeness (QED) is 0.440. The van der Waals surface area contributed by atoms with Crippen LogP contribution >= 0.6 is 0 Å². The van der Waals surface area contributed by atoms with Gasteiger partial charge in [-0.15, -0.1) is 0 Å². The lowest BCUT2D eigenvalue weighted by atomic mass is 10.1. The van der Waals surface area contributed by atoms with E-state index in [1.54, 1.807) is 0 Å². The number of amides is 1. The Bertz CT molecular complexity index is 1230. The molecule has 0 radical (unpaired) electrons. The molecule has 0 bridgehead atoms. The van der Waals surface area contributed by atoms with E-state index in [1.165, 1.54) is 18.2 Å². The van der Waals surface area contributed by atoms with E-state index in [0.29, 0.717) is 0 Å². The summed E-state index contributed by atoms with van der Waals surface area (Å²) in [4.78, 5) is 27.1. The lowest BCUT2D eigenvalue weighted by molar-refractivity contribution is -0.135. The van der Waals surface area contributed by atoms with E-state index < -0.39 is 34.2 Å². The first-order chi connectivity index (χ1) is 13.3. The average Bonchev–Trinajstić information content (AvgIpc) is 3.31. The number of aromatic hydroxyl groups is 1. The van der Waals surface area contributed by atoms with Crippen molar-refractivity contribution in [1.29, 1.82) is 0 Å². The molecule has 1 saturated carbocycles. The van der Waals surface area contributed by atoms with Crippen LogP contribution in [0.3, 0.4) is 0 Å². The minimum atomic E-state index is -3.73. The number of benzene rings is 1. The highest BCUT2D eigenvalue weighted by molar-refractivity contribution is 7.89. The zero-order valence-electron chi connectivity index (χ0n) is 14.3. The first-order valence-electron chi connectivity index (χ1n) is 8.28. The number of carboxylic acid groups (broad SMARTS) is 1. The van der Waals surface area contributed by atoms with Gasteiger partial charge in [-0.1, -0.05) is 0 Å². The molecule has 0 atom stereocenters. The van der Waals surface area contributed by atoms with Gasteiger partial charge in [0.25, 0.3) is 5.91 Å². The van der Waals surface area contributed by atoms with Crippen LogP contribution in [0.25, 0.3) is 16.4 Å². The van der Waals surface area contributed by atoms with Gasteiger partial charge < -0.3 is 15.5 Å². The van der Waals surface area contributed by atoms with Crippen molar-refractivity contribution in [1.82, 2.24) is 24.6 Å². The first kappa shape index (κ1) is 18.1. The maximum absolute atomic E-state index is 12.5. The van der Waals surface area contributed by atoms with Crippen molar-refractivity contribution in [3.63, 3.8) is 0 Å². The summed E-state index contributed by atoms with van der Waals surface area (Å²) in [5, 5.41) is 25.8. The Kier molecular flexibility index (Phi) is 4.16. The SMILES string of the molecule is O=C(O)CNC(=O)c1c(O)c2ccc(S(=O)(=O)NC3CC3)cc2c2ncnn12. The lowest BCUT2D eigenvalue weighted by Gasteiger charge is -2.12. The van der Waals surface area contributed by atoms with Crippen LogP contribution in [-0.4, -0.2) is 57.7 Å². The summed E-state index contributed by atoms with van der Waals surface area (Å²) in [7, 11) is -3.73. The molecule has 12 heteroatoms. The number of carbonyl (C=O) groups is 2. The molecule has 1 fully saturated rings. The van der Waals surface area contributed by atoms with Gasteiger partial charge in [0.2, 0.25) is 10.0 Å². The second kappa shape index (κ2) is 6.42. The third-order valence-corrected chi connectivity index (χ3v) is 5.81. The Balaban J connectivity index is 1.87. The van der Waals surface area contributed by atoms with Crippen LogP contribution in [0.2, 0.25) is 0 Å². The third kappa shape index (κ3) is 3.12. The van der Waals surface area contributed by atoms with Crippen LogP contribution < -0.4 is 10.0 Å². The first-order valence-corrected chi connectivity index (χ1v) is 9.77. The zero-order valence-corrected chi connectivity index (χ0v) is 15.1. The van der Waals surface area contributed by atoms with Gasteiger partial charge in [0.15, 0.2) is 17.1 Å². The summed E-state index contributed by atoms with van der Waals surface area (Å²) in [5.41, 5.74) is -0.148. The minimum Gasteiger partial charge on any atom is -0.505 e. The molecule has 1 aliphatic rings. The summed E-state index contributed by atoms with van der Waals surface area (Å²) in [6.07, 6.45) is 2.72. The summed E-state index contributed by atoms with van der Waals surface area (Å²) in [6.45, 7) is -0.642. The molecular weight excluding hydrogens is 390 g/mol. The molecule has 1 aliphatic carbocycles.